The molecule has 3 nitrogen and oxygen atoms in total. The van der Waals surface area contributed by atoms with Gasteiger partial charge in [0.05, 0.1) is 17.9 Å². The molecule has 2 aromatic carbocycles. The fourth-order valence-corrected chi connectivity index (χ4v) is 3.76. The molecule has 0 unspecified atom stereocenters. The van der Waals surface area contributed by atoms with E-state index in [4.69, 9.17) is 4.74 Å². The molecule has 0 saturated heterocycles. The lowest BCUT2D eigenvalue weighted by Gasteiger charge is -2.40. The van der Waals surface area contributed by atoms with E-state index < -0.39 is 11.7 Å². The van der Waals surface area contributed by atoms with Crippen LogP contribution < -0.4 is 10.1 Å². The zero-order valence-electron chi connectivity index (χ0n) is 16.9. The van der Waals surface area contributed by atoms with Gasteiger partial charge in [0.1, 0.15) is 5.75 Å². The predicted octanol–water partition coefficient (Wildman–Crippen LogP) is 6.92. The van der Waals surface area contributed by atoms with E-state index in [0.717, 1.165) is 58.6 Å². The van der Waals surface area contributed by atoms with Gasteiger partial charge in [-0.2, -0.15) is 13.2 Å². The molecule has 1 fully saturated rings. The van der Waals surface area contributed by atoms with Crippen LogP contribution in [-0.4, -0.2) is 11.6 Å². The summed E-state index contributed by atoms with van der Waals surface area (Å²) in [6.07, 6.45) is 1.70. The van der Waals surface area contributed by atoms with Crippen LogP contribution in [0.5, 0.6) is 5.75 Å². The molecule has 1 aromatic heterocycles. The number of ether oxygens (including phenoxy) is 1. The van der Waals surface area contributed by atoms with Gasteiger partial charge in [-0.3, -0.25) is 0 Å². The maximum absolute atomic E-state index is 12.7. The Morgan fingerprint density at radius 3 is 2.53 bits per heavy atom. The van der Waals surface area contributed by atoms with Gasteiger partial charge in [-0.05, 0) is 48.7 Å². The summed E-state index contributed by atoms with van der Waals surface area (Å²) in [5.74, 6) is 0.720. The zero-order chi connectivity index (χ0) is 21.4. The molecule has 1 aliphatic carbocycles. The van der Waals surface area contributed by atoms with Crippen molar-refractivity contribution in [2.75, 3.05) is 11.9 Å². The summed E-state index contributed by atoms with van der Waals surface area (Å²) in [5, 5.41) is 4.48. The third-order valence-corrected chi connectivity index (χ3v) is 6.07. The van der Waals surface area contributed by atoms with Gasteiger partial charge in [0.15, 0.2) is 0 Å². The first kappa shape index (κ1) is 20.4. The van der Waals surface area contributed by atoms with Crippen LogP contribution in [0.3, 0.4) is 0 Å². The molecule has 0 bridgehead atoms. The molecular weight excluding hydrogens is 389 g/mol. The normalized spacial score (nSPS) is 15.6. The molecule has 158 valence electrons. The summed E-state index contributed by atoms with van der Waals surface area (Å²) in [4.78, 5) is 3.26. The highest BCUT2D eigenvalue weighted by molar-refractivity contribution is 5.94. The second-order valence-corrected chi connectivity index (χ2v) is 8.22. The molecule has 0 amide bonds. The molecule has 0 radical (unpaired) electrons. The van der Waals surface area contributed by atoms with Crippen LogP contribution in [0.1, 0.15) is 37.3 Å². The number of nitrogens with one attached hydrogen (secondary N) is 2. The highest BCUT2D eigenvalue weighted by atomic mass is 19.4. The number of fused-ring (bicyclic) bond motifs is 1. The molecule has 3 aromatic rings. The highest BCUT2D eigenvalue weighted by Gasteiger charge is 2.35. The number of alkyl halides is 3. The van der Waals surface area contributed by atoms with E-state index in [0.29, 0.717) is 13.0 Å². The van der Waals surface area contributed by atoms with Crippen molar-refractivity contribution >= 4 is 16.6 Å². The Bertz CT molecular complexity index is 1050. The number of rotatable bonds is 7. The predicted molar refractivity (Wildman–Crippen MR) is 114 cm³/mol. The molecule has 1 saturated carbocycles. The number of aromatic amines is 1. The summed E-state index contributed by atoms with van der Waals surface area (Å²) >= 11 is 0. The fourth-order valence-electron chi connectivity index (χ4n) is 3.76. The summed E-state index contributed by atoms with van der Waals surface area (Å²) in [7, 11) is 0. The van der Waals surface area contributed by atoms with Gasteiger partial charge in [-0.15, -0.1) is 0 Å². The maximum atomic E-state index is 12.7. The van der Waals surface area contributed by atoms with Crippen molar-refractivity contribution in [1.82, 2.24) is 4.98 Å². The van der Waals surface area contributed by atoms with Gasteiger partial charge in [-0.25, -0.2) is 0 Å². The lowest BCUT2D eigenvalue weighted by molar-refractivity contribution is -0.137. The Hall–Kier alpha value is -2.89. The quantitative estimate of drug-likeness (QED) is 0.440. The third-order valence-electron chi connectivity index (χ3n) is 6.07. The van der Waals surface area contributed by atoms with Gasteiger partial charge in [-0.1, -0.05) is 32.1 Å². The van der Waals surface area contributed by atoms with Crippen LogP contribution in [0, 0.1) is 5.41 Å². The molecule has 30 heavy (non-hydrogen) atoms. The number of allylic oxidation sites excluding steroid dienone is 1. The van der Waals surface area contributed by atoms with E-state index in [1.54, 1.807) is 0 Å². The van der Waals surface area contributed by atoms with Crippen molar-refractivity contribution in [3.05, 3.63) is 72.1 Å². The average Bonchev–Trinajstić information content (AvgIpc) is 3.08. The minimum absolute atomic E-state index is 0.152. The second kappa shape index (κ2) is 7.74. The molecule has 4 rings (SSSR count). The van der Waals surface area contributed by atoms with Gasteiger partial charge < -0.3 is 15.0 Å². The number of halogens is 3. The van der Waals surface area contributed by atoms with Crippen molar-refractivity contribution in [3.63, 3.8) is 0 Å². The lowest BCUT2D eigenvalue weighted by atomic mass is 9.68. The Labute approximate surface area is 173 Å². The first-order chi connectivity index (χ1) is 14.2. The van der Waals surface area contributed by atoms with Gasteiger partial charge >= 0.3 is 6.18 Å². The molecule has 1 aliphatic rings. The Morgan fingerprint density at radius 1 is 1.17 bits per heavy atom. The van der Waals surface area contributed by atoms with E-state index in [1.165, 1.54) is 18.6 Å². The molecule has 0 spiro atoms. The van der Waals surface area contributed by atoms with Crippen molar-refractivity contribution < 1.29 is 17.9 Å². The monoisotopic (exact) mass is 414 g/mol. The molecular formula is C24H25F3N2O. The summed E-state index contributed by atoms with van der Waals surface area (Å²) < 4.78 is 43.8. The minimum atomic E-state index is -4.31. The minimum Gasteiger partial charge on any atom is -0.493 e. The maximum Gasteiger partial charge on any atom is 0.416 e. The third kappa shape index (κ3) is 4.18. The molecule has 2 N–H and O–H groups in total. The van der Waals surface area contributed by atoms with E-state index in [-0.39, 0.29) is 5.41 Å². The Kier molecular flexibility index (Phi) is 5.26. The Morgan fingerprint density at radius 2 is 1.90 bits per heavy atom. The van der Waals surface area contributed by atoms with Gasteiger partial charge in [0.2, 0.25) is 0 Å². The number of anilines is 1. The highest BCUT2D eigenvalue weighted by Crippen LogP contribution is 2.46. The van der Waals surface area contributed by atoms with Crippen molar-refractivity contribution in [2.24, 2.45) is 5.41 Å². The molecule has 0 aliphatic heterocycles. The van der Waals surface area contributed by atoms with Crippen molar-refractivity contribution in [3.8, 4) is 5.75 Å². The topological polar surface area (TPSA) is 37.0 Å². The van der Waals surface area contributed by atoms with E-state index >= 15 is 0 Å². The molecule has 1 heterocycles. The van der Waals surface area contributed by atoms with Crippen LogP contribution in [0.2, 0.25) is 0 Å². The SMILES string of the molecule is C=C(Nc1c[nH]c2ccc(OCCc3ccc(C(F)(F)F)cc3)cc12)C1(C)CCC1. The van der Waals surface area contributed by atoms with E-state index in [2.05, 4.69) is 23.8 Å². The fraction of sp³-hybridized carbons (Fsp3) is 0.333. The summed E-state index contributed by atoms with van der Waals surface area (Å²) in [6, 6.07) is 11.0. The number of hydrogen-bond donors (Lipinski definition) is 2. The number of H-pyrrole nitrogens is 1. The van der Waals surface area contributed by atoms with Gasteiger partial charge in [0, 0.05) is 34.6 Å². The van der Waals surface area contributed by atoms with Crippen LogP contribution in [-0.2, 0) is 12.6 Å². The Balaban J connectivity index is 1.39. The van der Waals surface area contributed by atoms with Crippen LogP contribution in [0.4, 0.5) is 18.9 Å². The van der Waals surface area contributed by atoms with Crippen molar-refractivity contribution in [2.45, 2.75) is 38.8 Å². The number of benzene rings is 2. The lowest BCUT2D eigenvalue weighted by Crippen LogP contribution is -2.30. The zero-order valence-corrected chi connectivity index (χ0v) is 16.9. The van der Waals surface area contributed by atoms with E-state index in [9.17, 15) is 13.2 Å². The van der Waals surface area contributed by atoms with Crippen LogP contribution in [0.25, 0.3) is 10.9 Å². The first-order valence-corrected chi connectivity index (χ1v) is 10.1. The number of hydrogen-bond acceptors (Lipinski definition) is 2. The molecule has 0 atom stereocenters. The number of aromatic nitrogens is 1. The molecule has 6 heteroatoms. The van der Waals surface area contributed by atoms with Gasteiger partial charge in [0.25, 0.3) is 0 Å². The first-order valence-electron chi connectivity index (χ1n) is 10.1. The van der Waals surface area contributed by atoms with Crippen molar-refractivity contribution in [1.29, 1.82) is 0 Å². The standard InChI is InChI=1S/C24H25F3N2O/c1-16(23(2)11-3-12-23)29-22-15-28-21-9-8-19(14-20(21)22)30-13-10-17-4-6-18(7-5-17)24(25,26)27/h4-9,14-15,28-29H,1,3,10-13H2,2H3. The largest absolute Gasteiger partial charge is 0.493 e. The summed E-state index contributed by atoms with van der Waals surface area (Å²) in [5.41, 5.74) is 3.32. The second-order valence-electron chi connectivity index (χ2n) is 8.22. The average molecular weight is 414 g/mol. The summed E-state index contributed by atoms with van der Waals surface area (Å²) in [6.45, 7) is 6.85. The van der Waals surface area contributed by atoms with E-state index in [1.807, 2.05) is 24.4 Å². The smallest absolute Gasteiger partial charge is 0.416 e. The van der Waals surface area contributed by atoms with Crippen LogP contribution >= 0.6 is 0 Å². The van der Waals surface area contributed by atoms with Crippen LogP contribution in [0.15, 0.2) is 60.9 Å².